The summed E-state index contributed by atoms with van der Waals surface area (Å²) in [5.41, 5.74) is 4.94. The molecule has 6 nitrogen and oxygen atoms in total. The predicted molar refractivity (Wildman–Crippen MR) is 59.1 cm³/mol. The zero-order valence-corrected chi connectivity index (χ0v) is 9.15. The molecule has 0 fully saturated rings. The van der Waals surface area contributed by atoms with Crippen LogP contribution < -0.4 is 10.5 Å². The minimum absolute atomic E-state index is 0.000972. The number of ketones is 1. The van der Waals surface area contributed by atoms with Crippen molar-refractivity contribution in [2.75, 3.05) is 18.7 Å². The summed E-state index contributed by atoms with van der Waals surface area (Å²) in [7, 11) is 1.34. The number of nitro benzene ring substituents is 1. The Kier molecular flexibility index (Phi) is 3.68. The van der Waals surface area contributed by atoms with Crippen molar-refractivity contribution in [3.8, 4) is 5.75 Å². The van der Waals surface area contributed by atoms with E-state index in [1.165, 1.54) is 13.2 Å². The summed E-state index contributed by atoms with van der Waals surface area (Å²) in [6.45, 7) is 0. The van der Waals surface area contributed by atoms with E-state index in [4.69, 9.17) is 22.1 Å². The Labute approximate surface area is 96.1 Å². The van der Waals surface area contributed by atoms with Crippen LogP contribution in [0.4, 0.5) is 11.4 Å². The van der Waals surface area contributed by atoms with Gasteiger partial charge in [-0.05, 0) is 6.07 Å². The van der Waals surface area contributed by atoms with Crippen LogP contribution in [-0.2, 0) is 0 Å². The zero-order valence-electron chi connectivity index (χ0n) is 8.40. The SMILES string of the molecule is COc1cc(C(=O)CCl)c(N)c([N+](=O)[O-])c1. The largest absolute Gasteiger partial charge is 0.496 e. The minimum Gasteiger partial charge on any atom is -0.496 e. The molecule has 0 atom stereocenters. The molecule has 0 aromatic heterocycles. The molecule has 0 aliphatic rings. The smallest absolute Gasteiger partial charge is 0.296 e. The number of nitro groups is 1. The molecular formula is C9H9ClN2O4. The van der Waals surface area contributed by atoms with Gasteiger partial charge in [0.2, 0.25) is 0 Å². The van der Waals surface area contributed by atoms with Gasteiger partial charge in [0, 0.05) is 0 Å². The van der Waals surface area contributed by atoms with Crippen molar-refractivity contribution in [1.82, 2.24) is 0 Å². The van der Waals surface area contributed by atoms with Crippen molar-refractivity contribution < 1.29 is 14.5 Å². The van der Waals surface area contributed by atoms with Gasteiger partial charge in [0.1, 0.15) is 11.4 Å². The number of nitrogens with two attached hydrogens (primary N) is 1. The Hall–Kier alpha value is -1.82. The molecule has 86 valence electrons. The molecule has 0 unspecified atom stereocenters. The molecule has 0 aliphatic heterocycles. The van der Waals surface area contributed by atoms with Gasteiger partial charge < -0.3 is 10.5 Å². The van der Waals surface area contributed by atoms with Gasteiger partial charge >= 0.3 is 0 Å². The molecular weight excluding hydrogens is 236 g/mol. The highest BCUT2D eigenvalue weighted by Crippen LogP contribution is 2.31. The number of alkyl halides is 1. The highest BCUT2D eigenvalue weighted by atomic mass is 35.5. The van der Waals surface area contributed by atoms with Crippen molar-refractivity contribution in [3.05, 3.63) is 27.8 Å². The summed E-state index contributed by atoms with van der Waals surface area (Å²) < 4.78 is 4.84. The molecule has 7 heteroatoms. The van der Waals surface area contributed by atoms with Crippen LogP contribution in [0.25, 0.3) is 0 Å². The van der Waals surface area contributed by atoms with E-state index >= 15 is 0 Å². The Morgan fingerprint density at radius 1 is 1.62 bits per heavy atom. The van der Waals surface area contributed by atoms with Crippen LogP contribution in [0.3, 0.4) is 0 Å². The molecule has 0 bridgehead atoms. The zero-order chi connectivity index (χ0) is 12.3. The molecule has 0 saturated heterocycles. The summed E-state index contributed by atoms with van der Waals surface area (Å²) in [5, 5.41) is 10.7. The number of methoxy groups -OCH3 is 1. The van der Waals surface area contributed by atoms with Crippen LogP contribution in [0, 0.1) is 10.1 Å². The standard InChI is InChI=1S/C9H9ClN2O4/c1-16-5-2-6(8(13)4-10)9(11)7(3-5)12(14)15/h2-3H,4,11H2,1H3. The number of carbonyl (C=O) groups excluding carboxylic acids is 1. The van der Waals surface area contributed by atoms with Crippen LogP contribution in [0.2, 0.25) is 0 Å². The molecule has 1 aromatic rings. The lowest BCUT2D eigenvalue weighted by molar-refractivity contribution is -0.384. The second kappa shape index (κ2) is 4.80. The third-order valence-corrected chi connectivity index (χ3v) is 2.23. The lowest BCUT2D eigenvalue weighted by atomic mass is 10.1. The number of nitrogen functional groups attached to an aromatic ring is 1. The first kappa shape index (κ1) is 12.3. The third-order valence-electron chi connectivity index (χ3n) is 1.99. The van der Waals surface area contributed by atoms with E-state index in [1.807, 2.05) is 0 Å². The van der Waals surface area contributed by atoms with Gasteiger partial charge in [0.25, 0.3) is 5.69 Å². The van der Waals surface area contributed by atoms with Gasteiger partial charge in [-0.15, -0.1) is 11.6 Å². The highest BCUT2D eigenvalue weighted by Gasteiger charge is 2.21. The summed E-state index contributed by atoms with van der Waals surface area (Å²) >= 11 is 5.37. The molecule has 0 radical (unpaired) electrons. The third kappa shape index (κ3) is 2.22. The van der Waals surface area contributed by atoms with Crippen LogP contribution >= 0.6 is 11.6 Å². The normalized spacial score (nSPS) is 9.88. The van der Waals surface area contributed by atoms with Crippen molar-refractivity contribution in [3.63, 3.8) is 0 Å². The van der Waals surface area contributed by atoms with Crippen molar-refractivity contribution in [1.29, 1.82) is 0 Å². The number of halogens is 1. The highest BCUT2D eigenvalue weighted by molar-refractivity contribution is 6.31. The van der Waals surface area contributed by atoms with Gasteiger partial charge in [0.05, 0.1) is 29.5 Å². The molecule has 0 spiro atoms. The Morgan fingerprint density at radius 2 is 2.25 bits per heavy atom. The molecule has 0 heterocycles. The van der Waals surface area contributed by atoms with E-state index < -0.39 is 10.7 Å². The van der Waals surface area contributed by atoms with Crippen LogP contribution in [0.15, 0.2) is 12.1 Å². The first-order valence-corrected chi connectivity index (χ1v) is 4.75. The first-order valence-electron chi connectivity index (χ1n) is 4.22. The second-order valence-corrected chi connectivity index (χ2v) is 3.19. The van der Waals surface area contributed by atoms with Crippen molar-refractivity contribution in [2.24, 2.45) is 0 Å². The first-order chi connectivity index (χ1) is 7.51. The summed E-state index contributed by atoms with van der Waals surface area (Å²) in [4.78, 5) is 21.4. The van der Waals surface area contributed by atoms with Gasteiger partial charge in [-0.2, -0.15) is 0 Å². The van der Waals surface area contributed by atoms with Gasteiger partial charge in [0.15, 0.2) is 5.78 Å². The number of ether oxygens (including phenoxy) is 1. The van der Waals surface area contributed by atoms with Crippen LogP contribution in [0.1, 0.15) is 10.4 Å². The summed E-state index contributed by atoms with van der Waals surface area (Å²) in [6, 6.07) is 2.48. The minimum atomic E-state index is -0.678. The van der Waals surface area contributed by atoms with Gasteiger partial charge in [-0.1, -0.05) is 0 Å². The maximum absolute atomic E-state index is 11.4. The number of carbonyl (C=O) groups is 1. The lowest BCUT2D eigenvalue weighted by Gasteiger charge is -2.06. The molecule has 0 amide bonds. The monoisotopic (exact) mass is 244 g/mol. The van der Waals surface area contributed by atoms with Crippen LogP contribution in [0.5, 0.6) is 5.75 Å². The Balaban J connectivity index is 3.43. The van der Waals surface area contributed by atoms with E-state index in [0.717, 1.165) is 6.07 Å². The molecule has 0 saturated carbocycles. The van der Waals surface area contributed by atoms with E-state index in [0.29, 0.717) is 0 Å². The van der Waals surface area contributed by atoms with Gasteiger partial charge in [-0.25, -0.2) is 0 Å². The number of benzene rings is 1. The number of hydrogen-bond donors (Lipinski definition) is 1. The maximum Gasteiger partial charge on any atom is 0.296 e. The van der Waals surface area contributed by atoms with E-state index in [1.54, 1.807) is 0 Å². The number of Topliss-reactive ketones (excluding diaryl/α,β-unsaturated/α-hetero) is 1. The Bertz CT molecular complexity index is 447. The number of nitrogens with zero attached hydrogens (tertiary/aromatic N) is 1. The molecule has 0 aliphatic carbocycles. The predicted octanol–water partition coefficient (Wildman–Crippen LogP) is 1.61. The number of anilines is 1. The quantitative estimate of drug-likeness (QED) is 0.285. The average molecular weight is 245 g/mol. The maximum atomic E-state index is 11.4. The number of hydrogen-bond acceptors (Lipinski definition) is 5. The van der Waals surface area contributed by atoms with Crippen molar-refractivity contribution in [2.45, 2.75) is 0 Å². The fraction of sp³-hybridized carbons (Fsp3) is 0.222. The van der Waals surface area contributed by atoms with E-state index in [9.17, 15) is 14.9 Å². The summed E-state index contributed by atoms with van der Waals surface area (Å²) in [6.07, 6.45) is 0. The van der Waals surface area contributed by atoms with Crippen LogP contribution in [-0.4, -0.2) is 23.7 Å². The Morgan fingerprint density at radius 3 is 2.69 bits per heavy atom. The topological polar surface area (TPSA) is 95.5 Å². The molecule has 1 rings (SSSR count). The molecule has 2 N–H and O–H groups in total. The summed E-state index contributed by atoms with van der Waals surface area (Å²) in [5.74, 6) is -0.593. The molecule has 1 aromatic carbocycles. The van der Waals surface area contributed by atoms with E-state index in [2.05, 4.69) is 0 Å². The second-order valence-electron chi connectivity index (χ2n) is 2.92. The molecule has 16 heavy (non-hydrogen) atoms. The van der Waals surface area contributed by atoms with Gasteiger partial charge in [-0.3, -0.25) is 14.9 Å². The van der Waals surface area contributed by atoms with E-state index in [-0.39, 0.29) is 28.6 Å². The lowest BCUT2D eigenvalue weighted by Crippen LogP contribution is -2.08. The fourth-order valence-electron chi connectivity index (χ4n) is 1.18. The van der Waals surface area contributed by atoms with Crippen molar-refractivity contribution >= 4 is 28.8 Å². The number of rotatable bonds is 4. The average Bonchev–Trinajstić information content (AvgIpc) is 2.28. The fourth-order valence-corrected chi connectivity index (χ4v) is 1.33.